The molecule has 0 saturated heterocycles. The number of likely N-dealkylation sites (N-methyl/N-ethyl adjacent to an activating group) is 1. The molecule has 0 spiro atoms. The highest BCUT2D eigenvalue weighted by atomic mass is 31.2. The number of hydrogen-bond donors (Lipinski definition) is 0. The molecule has 9 nitrogen and oxygen atoms in total. The fourth-order valence-electron chi connectivity index (χ4n) is 5.63. The number of hydrogen-bond acceptors (Lipinski definition) is 8. The van der Waals surface area contributed by atoms with Crippen LogP contribution in [0.25, 0.3) is 0 Å². The van der Waals surface area contributed by atoms with Gasteiger partial charge in [0.1, 0.15) is 19.8 Å². The molecule has 0 aliphatic rings. The SMILES string of the molecule is CCCCCCCC/C=C\C/C=C\CCCCC(=O)O[C@H](COC(=O)CCCCCCCCCCCCCCC)COP(=O)([O-])OCC[N+](C)(C)C. The first-order chi connectivity index (χ1) is 25.0. The van der Waals surface area contributed by atoms with Crippen molar-refractivity contribution < 1.29 is 42.1 Å². The molecule has 0 saturated carbocycles. The lowest BCUT2D eigenvalue weighted by atomic mass is 10.0. The number of nitrogens with zero attached hydrogens (tertiary/aromatic N) is 1. The van der Waals surface area contributed by atoms with Gasteiger partial charge < -0.3 is 27.9 Å². The van der Waals surface area contributed by atoms with Crippen LogP contribution in [0.1, 0.15) is 181 Å². The van der Waals surface area contributed by atoms with Crippen LogP contribution in [0.3, 0.4) is 0 Å². The van der Waals surface area contributed by atoms with Crippen LogP contribution in [0, 0.1) is 0 Å². The Morgan fingerprint density at radius 3 is 1.56 bits per heavy atom. The lowest BCUT2D eigenvalue weighted by Gasteiger charge is -2.28. The second-order valence-electron chi connectivity index (χ2n) is 15.4. The van der Waals surface area contributed by atoms with Gasteiger partial charge in [-0.05, 0) is 44.9 Å². The number of quaternary nitrogens is 1. The molecule has 0 aliphatic carbocycles. The van der Waals surface area contributed by atoms with E-state index in [1.54, 1.807) is 0 Å². The zero-order valence-electron chi connectivity index (χ0n) is 34.3. The highest BCUT2D eigenvalue weighted by molar-refractivity contribution is 7.45. The van der Waals surface area contributed by atoms with Crippen LogP contribution < -0.4 is 4.89 Å². The lowest BCUT2D eigenvalue weighted by molar-refractivity contribution is -0.870. The maximum atomic E-state index is 12.6. The van der Waals surface area contributed by atoms with Crippen LogP contribution in [-0.4, -0.2) is 70.0 Å². The van der Waals surface area contributed by atoms with Gasteiger partial charge in [-0.1, -0.05) is 147 Å². The number of ether oxygens (including phenoxy) is 2. The van der Waals surface area contributed by atoms with Crippen LogP contribution in [0.2, 0.25) is 0 Å². The van der Waals surface area contributed by atoms with Gasteiger partial charge in [0, 0.05) is 12.8 Å². The molecule has 0 aromatic carbocycles. The molecule has 2 atom stereocenters. The van der Waals surface area contributed by atoms with Crippen molar-refractivity contribution in [1.82, 2.24) is 0 Å². The first-order valence-corrected chi connectivity index (χ1v) is 22.5. The summed E-state index contributed by atoms with van der Waals surface area (Å²) in [5.74, 6) is -0.868. The number of esters is 2. The fourth-order valence-corrected chi connectivity index (χ4v) is 6.35. The van der Waals surface area contributed by atoms with E-state index in [9.17, 15) is 19.0 Å². The minimum Gasteiger partial charge on any atom is -0.756 e. The Labute approximate surface area is 319 Å². The van der Waals surface area contributed by atoms with Crippen molar-refractivity contribution in [2.24, 2.45) is 0 Å². The van der Waals surface area contributed by atoms with E-state index in [2.05, 4.69) is 38.2 Å². The third kappa shape index (κ3) is 38.2. The molecule has 1 unspecified atom stereocenters. The molecule has 0 bridgehead atoms. The van der Waals surface area contributed by atoms with Crippen molar-refractivity contribution in [3.05, 3.63) is 24.3 Å². The van der Waals surface area contributed by atoms with Crippen molar-refractivity contribution in [3.63, 3.8) is 0 Å². The van der Waals surface area contributed by atoms with Gasteiger partial charge in [-0.15, -0.1) is 0 Å². The van der Waals surface area contributed by atoms with E-state index in [4.69, 9.17) is 18.5 Å². The number of phosphoric ester groups is 1. The molecule has 306 valence electrons. The highest BCUT2D eigenvalue weighted by Gasteiger charge is 2.21. The van der Waals surface area contributed by atoms with E-state index in [1.807, 2.05) is 21.1 Å². The Hall–Kier alpha value is -1.51. The lowest BCUT2D eigenvalue weighted by Crippen LogP contribution is -2.37. The second-order valence-corrected chi connectivity index (χ2v) is 16.8. The van der Waals surface area contributed by atoms with E-state index in [0.29, 0.717) is 17.4 Å². The highest BCUT2D eigenvalue weighted by Crippen LogP contribution is 2.38. The van der Waals surface area contributed by atoms with Gasteiger partial charge in [-0.25, -0.2) is 0 Å². The number of phosphoric acid groups is 1. The molecule has 0 amide bonds. The van der Waals surface area contributed by atoms with Gasteiger partial charge in [0.25, 0.3) is 7.82 Å². The van der Waals surface area contributed by atoms with Gasteiger partial charge in [-0.2, -0.15) is 0 Å². The maximum absolute atomic E-state index is 12.6. The van der Waals surface area contributed by atoms with Gasteiger partial charge in [0.15, 0.2) is 6.10 Å². The van der Waals surface area contributed by atoms with Crippen LogP contribution in [0.15, 0.2) is 24.3 Å². The number of rotatable bonds is 38. The Morgan fingerprint density at radius 2 is 1.04 bits per heavy atom. The Kier molecular flexibility index (Phi) is 34.2. The van der Waals surface area contributed by atoms with Crippen molar-refractivity contribution in [3.8, 4) is 0 Å². The Balaban J connectivity index is 4.44. The molecule has 0 aromatic rings. The second kappa shape index (κ2) is 35.2. The van der Waals surface area contributed by atoms with E-state index >= 15 is 0 Å². The minimum atomic E-state index is -4.63. The predicted octanol–water partition coefficient (Wildman–Crippen LogP) is 10.9. The van der Waals surface area contributed by atoms with E-state index < -0.39 is 32.5 Å². The standard InChI is InChI=1S/C42H80NO8P/c1-6-8-10-12-14-16-18-20-21-23-25-27-29-31-33-35-42(45)51-40(39-50-52(46,47)49-37-36-43(3,4)5)38-48-41(44)34-32-30-28-26-24-22-19-17-15-13-11-9-7-2/h20-21,25,27,40H,6-19,22-24,26,28-39H2,1-5H3/b21-20-,27-25-/t40-/m1/s1. The Morgan fingerprint density at radius 1 is 0.596 bits per heavy atom. The summed E-state index contributed by atoms with van der Waals surface area (Å²) in [4.78, 5) is 37.4. The first kappa shape index (κ1) is 50.5. The molecule has 0 N–H and O–H groups in total. The van der Waals surface area contributed by atoms with Crippen LogP contribution in [0.5, 0.6) is 0 Å². The van der Waals surface area contributed by atoms with Crippen molar-refractivity contribution in [1.29, 1.82) is 0 Å². The van der Waals surface area contributed by atoms with Crippen molar-refractivity contribution >= 4 is 19.8 Å². The van der Waals surface area contributed by atoms with E-state index in [-0.39, 0.29) is 26.1 Å². The summed E-state index contributed by atoms with van der Waals surface area (Å²) in [6, 6.07) is 0. The molecule has 0 fully saturated rings. The maximum Gasteiger partial charge on any atom is 0.306 e. The van der Waals surface area contributed by atoms with Crippen LogP contribution >= 0.6 is 7.82 Å². The average Bonchev–Trinajstić information content (AvgIpc) is 3.09. The largest absolute Gasteiger partial charge is 0.756 e. The molecular formula is C42H80NO8P. The molecule has 0 aliphatic heterocycles. The van der Waals surface area contributed by atoms with Crippen molar-refractivity contribution in [2.45, 2.75) is 187 Å². The summed E-state index contributed by atoms with van der Waals surface area (Å²) in [6.45, 7) is 4.18. The summed E-state index contributed by atoms with van der Waals surface area (Å²) in [7, 11) is 1.15. The average molecular weight is 758 g/mol. The third-order valence-electron chi connectivity index (χ3n) is 8.97. The predicted molar refractivity (Wildman–Crippen MR) is 213 cm³/mol. The van der Waals surface area contributed by atoms with E-state index in [0.717, 1.165) is 44.9 Å². The minimum absolute atomic E-state index is 0.0350. The molecular weight excluding hydrogens is 677 g/mol. The zero-order chi connectivity index (χ0) is 38.6. The molecule has 52 heavy (non-hydrogen) atoms. The molecule has 0 aromatic heterocycles. The molecule has 0 radical (unpaired) electrons. The van der Waals surface area contributed by atoms with Crippen LogP contribution in [-0.2, 0) is 32.7 Å². The smallest absolute Gasteiger partial charge is 0.306 e. The quantitative estimate of drug-likeness (QED) is 0.0201. The molecule has 10 heteroatoms. The number of carbonyl (C=O) groups excluding carboxylic acids is 2. The Bertz CT molecular complexity index is 949. The monoisotopic (exact) mass is 758 g/mol. The zero-order valence-corrected chi connectivity index (χ0v) is 35.2. The van der Waals surface area contributed by atoms with Crippen LogP contribution in [0.4, 0.5) is 0 Å². The first-order valence-electron chi connectivity index (χ1n) is 21.0. The topological polar surface area (TPSA) is 111 Å². The third-order valence-corrected chi connectivity index (χ3v) is 9.94. The van der Waals surface area contributed by atoms with Gasteiger partial charge in [0.2, 0.25) is 0 Å². The number of unbranched alkanes of at least 4 members (excludes halogenated alkanes) is 20. The van der Waals surface area contributed by atoms with Gasteiger partial charge >= 0.3 is 11.9 Å². The fraction of sp³-hybridized carbons (Fsp3) is 0.857. The summed E-state index contributed by atoms with van der Waals surface area (Å²) >= 11 is 0. The van der Waals surface area contributed by atoms with Gasteiger partial charge in [0.05, 0.1) is 27.7 Å². The normalized spacial score (nSPS) is 13.9. The van der Waals surface area contributed by atoms with Gasteiger partial charge in [-0.3, -0.25) is 14.2 Å². The summed E-state index contributed by atoms with van der Waals surface area (Å²) in [5.41, 5.74) is 0. The summed E-state index contributed by atoms with van der Waals surface area (Å²) in [5, 5.41) is 0. The summed E-state index contributed by atoms with van der Waals surface area (Å²) in [6.07, 6.45) is 36.3. The number of allylic oxidation sites excluding steroid dienone is 4. The number of carbonyl (C=O) groups is 2. The molecule has 0 heterocycles. The van der Waals surface area contributed by atoms with E-state index in [1.165, 1.54) is 103 Å². The molecule has 0 rings (SSSR count). The summed E-state index contributed by atoms with van der Waals surface area (Å²) < 4.78 is 33.8. The van der Waals surface area contributed by atoms with Crippen molar-refractivity contribution in [2.75, 3.05) is 47.5 Å².